The molecule has 0 bridgehead atoms. The van der Waals surface area contributed by atoms with Gasteiger partial charge < -0.3 is 10.5 Å². The van der Waals surface area contributed by atoms with Crippen LogP contribution in [0.4, 0.5) is 0 Å². The highest BCUT2D eigenvalue weighted by molar-refractivity contribution is 5.79. The maximum Gasteiger partial charge on any atom is 0.246 e. The van der Waals surface area contributed by atoms with Crippen molar-refractivity contribution < 1.29 is 9.53 Å². The highest BCUT2D eigenvalue weighted by atomic mass is 16.5. The molecule has 2 N–H and O–H groups in total. The number of amides is 1. The average Bonchev–Trinajstić information content (AvgIpc) is 2.87. The second kappa shape index (κ2) is 29.0. The maximum absolute atomic E-state index is 11.8. The molecular formula is C33H67NO2. The van der Waals surface area contributed by atoms with Crippen LogP contribution in [0.15, 0.2) is 0 Å². The molecule has 216 valence electrons. The number of rotatable bonds is 30. The van der Waals surface area contributed by atoms with Gasteiger partial charge in [0.15, 0.2) is 0 Å². The van der Waals surface area contributed by atoms with Gasteiger partial charge in [-0.1, -0.05) is 174 Å². The largest absolute Gasteiger partial charge is 0.371 e. The van der Waals surface area contributed by atoms with Gasteiger partial charge in [-0.25, -0.2) is 0 Å². The Morgan fingerprint density at radius 1 is 0.500 bits per heavy atom. The Morgan fingerprint density at radius 2 is 0.750 bits per heavy atom. The monoisotopic (exact) mass is 510 g/mol. The number of nitrogens with two attached hydrogens (primary N) is 1. The Balaban J connectivity index is 3.54. The van der Waals surface area contributed by atoms with Crippen molar-refractivity contribution in [2.75, 3.05) is 7.11 Å². The molecule has 0 aliphatic rings. The molecule has 0 aromatic carbocycles. The summed E-state index contributed by atoms with van der Waals surface area (Å²) in [6.45, 7) is 4.54. The van der Waals surface area contributed by atoms with E-state index in [0.29, 0.717) is 5.92 Å². The summed E-state index contributed by atoms with van der Waals surface area (Å²) in [7, 11) is 1.64. The van der Waals surface area contributed by atoms with Crippen molar-refractivity contribution in [3.05, 3.63) is 0 Å². The van der Waals surface area contributed by atoms with E-state index >= 15 is 0 Å². The smallest absolute Gasteiger partial charge is 0.246 e. The number of primary amides is 1. The molecule has 3 heteroatoms. The molecule has 0 aromatic heterocycles. The molecule has 2 atom stereocenters. The van der Waals surface area contributed by atoms with Gasteiger partial charge in [0.1, 0.15) is 6.10 Å². The second-order valence-electron chi connectivity index (χ2n) is 11.5. The lowest BCUT2D eigenvalue weighted by Gasteiger charge is -2.23. The Hall–Kier alpha value is -0.570. The van der Waals surface area contributed by atoms with Crippen molar-refractivity contribution in [1.82, 2.24) is 0 Å². The molecule has 0 rings (SSSR count). The topological polar surface area (TPSA) is 52.3 Å². The Morgan fingerprint density at radius 3 is 0.972 bits per heavy atom. The summed E-state index contributed by atoms with van der Waals surface area (Å²) in [5, 5.41) is 0. The number of methoxy groups -OCH3 is 1. The number of unbranched alkanes of at least 4 members (excludes halogenated alkanes) is 23. The third-order valence-electron chi connectivity index (χ3n) is 8.07. The summed E-state index contributed by atoms with van der Waals surface area (Å²) in [4.78, 5) is 11.8. The quantitative estimate of drug-likeness (QED) is 0.0979. The molecule has 0 aromatic rings. The van der Waals surface area contributed by atoms with Gasteiger partial charge in [-0.05, 0) is 18.8 Å². The van der Waals surface area contributed by atoms with Crippen LogP contribution in [0.1, 0.15) is 187 Å². The van der Waals surface area contributed by atoms with Gasteiger partial charge in [0.25, 0.3) is 0 Å². The number of hydrogen-bond donors (Lipinski definition) is 1. The van der Waals surface area contributed by atoms with Gasteiger partial charge >= 0.3 is 0 Å². The summed E-state index contributed by atoms with van der Waals surface area (Å²) in [5.41, 5.74) is 5.61. The van der Waals surface area contributed by atoms with Crippen molar-refractivity contribution in [2.24, 2.45) is 11.7 Å². The fourth-order valence-corrected chi connectivity index (χ4v) is 5.66. The van der Waals surface area contributed by atoms with E-state index in [-0.39, 0.29) is 5.91 Å². The zero-order chi connectivity index (χ0) is 26.5. The fraction of sp³-hybridized carbons (Fsp3) is 0.970. The van der Waals surface area contributed by atoms with Crippen molar-refractivity contribution in [2.45, 2.75) is 193 Å². The molecular weight excluding hydrogens is 442 g/mol. The first-order valence-electron chi connectivity index (χ1n) is 16.5. The Kier molecular flexibility index (Phi) is 28.5. The van der Waals surface area contributed by atoms with Crippen molar-refractivity contribution in [1.29, 1.82) is 0 Å². The minimum absolute atomic E-state index is 0.288. The van der Waals surface area contributed by atoms with Gasteiger partial charge in [0.2, 0.25) is 5.91 Å². The van der Waals surface area contributed by atoms with E-state index in [9.17, 15) is 4.79 Å². The minimum Gasteiger partial charge on any atom is -0.371 e. The zero-order valence-corrected chi connectivity index (χ0v) is 25.1. The molecule has 0 radical (unpaired) electrons. The zero-order valence-electron chi connectivity index (χ0n) is 25.1. The van der Waals surface area contributed by atoms with Crippen molar-refractivity contribution in [3.8, 4) is 0 Å². The number of carbonyl (C=O) groups is 1. The van der Waals surface area contributed by atoms with Crippen LogP contribution in [0.25, 0.3) is 0 Å². The predicted molar refractivity (Wildman–Crippen MR) is 159 cm³/mol. The highest BCUT2D eigenvalue weighted by Gasteiger charge is 2.25. The lowest BCUT2D eigenvalue weighted by atomic mass is 9.89. The van der Waals surface area contributed by atoms with Gasteiger partial charge in [-0.3, -0.25) is 4.79 Å². The molecule has 0 saturated carbocycles. The summed E-state index contributed by atoms with van der Waals surface area (Å²) >= 11 is 0. The van der Waals surface area contributed by atoms with Gasteiger partial charge in [0, 0.05) is 7.11 Å². The van der Waals surface area contributed by atoms with E-state index in [4.69, 9.17) is 10.5 Å². The number of hydrogen-bond acceptors (Lipinski definition) is 2. The molecule has 2 unspecified atom stereocenters. The summed E-state index contributed by atoms with van der Waals surface area (Å²) in [5.74, 6) is 0.00824. The summed E-state index contributed by atoms with van der Waals surface area (Å²) in [6, 6.07) is 0. The summed E-state index contributed by atoms with van der Waals surface area (Å²) < 4.78 is 5.47. The van der Waals surface area contributed by atoms with Gasteiger partial charge in [-0.15, -0.1) is 0 Å². The first-order valence-corrected chi connectivity index (χ1v) is 16.5. The van der Waals surface area contributed by atoms with E-state index in [1.54, 1.807) is 7.11 Å². The van der Waals surface area contributed by atoms with Crippen molar-refractivity contribution in [3.63, 3.8) is 0 Å². The molecule has 0 fully saturated rings. The van der Waals surface area contributed by atoms with E-state index in [1.165, 1.54) is 161 Å². The van der Waals surface area contributed by atoms with Crippen LogP contribution >= 0.6 is 0 Å². The lowest BCUT2D eigenvalue weighted by Crippen LogP contribution is -2.37. The van der Waals surface area contributed by atoms with E-state index in [0.717, 1.165) is 12.8 Å². The Labute approximate surface area is 227 Å². The van der Waals surface area contributed by atoms with Crippen LogP contribution in [0, 0.1) is 5.92 Å². The number of ether oxygens (including phenoxy) is 1. The van der Waals surface area contributed by atoms with Gasteiger partial charge in [0.05, 0.1) is 0 Å². The van der Waals surface area contributed by atoms with Crippen LogP contribution in [-0.4, -0.2) is 19.1 Å². The molecule has 0 saturated heterocycles. The molecule has 1 amide bonds. The molecule has 0 aliphatic carbocycles. The van der Waals surface area contributed by atoms with Gasteiger partial charge in [-0.2, -0.15) is 0 Å². The van der Waals surface area contributed by atoms with E-state index in [2.05, 4.69) is 13.8 Å². The third kappa shape index (κ3) is 23.8. The molecule has 0 aliphatic heterocycles. The normalized spacial score (nSPS) is 13.2. The van der Waals surface area contributed by atoms with Crippen LogP contribution < -0.4 is 5.73 Å². The van der Waals surface area contributed by atoms with Crippen LogP contribution in [0.2, 0.25) is 0 Å². The van der Waals surface area contributed by atoms with E-state index < -0.39 is 6.10 Å². The molecule has 3 nitrogen and oxygen atoms in total. The minimum atomic E-state index is -0.406. The molecule has 36 heavy (non-hydrogen) atoms. The first-order chi connectivity index (χ1) is 17.7. The number of carbonyl (C=O) groups excluding carboxylic acids is 1. The molecule has 0 spiro atoms. The van der Waals surface area contributed by atoms with Crippen LogP contribution in [-0.2, 0) is 9.53 Å². The maximum atomic E-state index is 11.8. The van der Waals surface area contributed by atoms with E-state index in [1.807, 2.05) is 0 Å². The molecule has 0 heterocycles. The fourth-order valence-electron chi connectivity index (χ4n) is 5.66. The Bertz CT molecular complexity index is 439. The second-order valence-corrected chi connectivity index (χ2v) is 11.5. The predicted octanol–water partition coefficient (Wildman–Crippen LogP) is 10.7. The average molecular weight is 510 g/mol. The third-order valence-corrected chi connectivity index (χ3v) is 8.07. The SMILES string of the molecule is CCCCCCCCCCCCCCCCCCCCCCC(CCCCCCC)C(OC)C(N)=O. The lowest BCUT2D eigenvalue weighted by molar-refractivity contribution is -0.131. The highest BCUT2D eigenvalue weighted by Crippen LogP contribution is 2.24. The summed E-state index contributed by atoms with van der Waals surface area (Å²) in [6.07, 6.45) is 36.2. The van der Waals surface area contributed by atoms with Crippen LogP contribution in [0.5, 0.6) is 0 Å². The standard InChI is InChI=1S/C33H67NO2/c1-4-6-8-10-11-12-13-14-15-16-17-18-19-20-21-22-23-24-26-28-30-31(32(36-3)33(34)35)29-27-25-9-7-5-2/h31-32H,4-30H2,1-3H3,(H2,34,35). The van der Waals surface area contributed by atoms with Crippen LogP contribution in [0.3, 0.4) is 0 Å². The first kappa shape index (κ1) is 35.4. The van der Waals surface area contributed by atoms with Crippen molar-refractivity contribution >= 4 is 5.91 Å².